The van der Waals surface area contributed by atoms with Crippen molar-refractivity contribution >= 4 is 11.6 Å². The number of nitrogens with two attached hydrogens (primary N) is 1. The van der Waals surface area contributed by atoms with Gasteiger partial charge in [-0.2, -0.15) is 0 Å². The molecule has 0 aliphatic heterocycles. The summed E-state index contributed by atoms with van der Waals surface area (Å²) in [6, 6.07) is 0. The first-order valence-electron chi connectivity index (χ1n) is 7.09. The summed E-state index contributed by atoms with van der Waals surface area (Å²) in [5.41, 5.74) is 6.95. The van der Waals surface area contributed by atoms with Gasteiger partial charge in [0.1, 0.15) is 17.5 Å². The van der Waals surface area contributed by atoms with Crippen molar-refractivity contribution in [3.8, 4) is 0 Å². The standard InChI is InChI=1S/C14H26N4O/c1-5-8-12-16-13(15)11(4)14(17-12)18(6-2)9-10-19-7-3/h5-10H2,1-4H3,(H2,15,16,17). The maximum atomic E-state index is 5.99. The van der Waals surface area contributed by atoms with Crippen LogP contribution in [0.4, 0.5) is 11.6 Å². The Hall–Kier alpha value is -1.36. The van der Waals surface area contributed by atoms with Crippen LogP contribution in [-0.2, 0) is 11.2 Å². The molecule has 0 saturated heterocycles. The topological polar surface area (TPSA) is 64.3 Å². The van der Waals surface area contributed by atoms with Crippen molar-refractivity contribution in [2.24, 2.45) is 0 Å². The number of nitrogen functional groups attached to an aromatic ring is 1. The first-order chi connectivity index (χ1) is 9.13. The highest BCUT2D eigenvalue weighted by Crippen LogP contribution is 2.21. The van der Waals surface area contributed by atoms with E-state index in [1.54, 1.807) is 0 Å². The molecule has 1 aromatic heterocycles. The predicted octanol–water partition coefficient (Wildman–Crippen LogP) is 2.18. The molecule has 2 N–H and O–H groups in total. The van der Waals surface area contributed by atoms with E-state index in [0.29, 0.717) is 12.4 Å². The van der Waals surface area contributed by atoms with Gasteiger partial charge in [-0.1, -0.05) is 6.92 Å². The number of rotatable bonds is 8. The SMILES string of the molecule is CCCc1nc(N)c(C)c(N(CC)CCOCC)n1. The van der Waals surface area contributed by atoms with E-state index in [9.17, 15) is 0 Å². The van der Waals surface area contributed by atoms with Gasteiger partial charge in [-0.15, -0.1) is 0 Å². The number of aromatic nitrogens is 2. The second-order valence-corrected chi connectivity index (χ2v) is 4.50. The second-order valence-electron chi connectivity index (χ2n) is 4.50. The molecule has 5 heteroatoms. The normalized spacial score (nSPS) is 10.7. The van der Waals surface area contributed by atoms with Crippen molar-refractivity contribution in [3.63, 3.8) is 0 Å². The maximum Gasteiger partial charge on any atom is 0.137 e. The van der Waals surface area contributed by atoms with E-state index < -0.39 is 0 Å². The van der Waals surface area contributed by atoms with Crippen LogP contribution in [-0.4, -0.2) is 36.3 Å². The van der Waals surface area contributed by atoms with Gasteiger partial charge >= 0.3 is 0 Å². The lowest BCUT2D eigenvalue weighted by Gasteiger charge is -2.24. The third kappa shape index (κ3) is 4.35. The smallest absolute Gasteiger partial charge is 0.137 e. The Labute approximate surface area is 116 Å². The molecule has 0 radical (unpaired) electrons. The number of anilines is 2. The van der Waals surface area contributed by atoms with Crippen LogP contribution in [0, 0.1) is 6.92 Å². The molecular formula is C14H26N4O. The lowest BCUT2D eigenvalue weighted by Crippen LogP contribution is -2.29. The molecule has 0 fully saturated rings. The minimum Gasteiger partial charge on any atom is -0.383 e. The molecule has 0 spiro atoms. The van der Waals surface area contributed by atoms with Crippen molar-refractivity contribution in [2.75, 3.05) is 36.9 Å². The van der Waals surface area contributed by atoms with Gasteiger partial charge in [0.05, 0.1) is 6.61 Å². The minimum absolute atomic E-state index is 0.586. The number of nitrogens with zero attached hydrogens (tertiary/aromatic N) is 3. The Bertz CT molecular complexity index is 395. The summed E-state index contributed by atoms with van der Waals surface area (Å²) in [6.07, 6.45) is 1.88. The molecule has 0 saturated carbocycles. The predicted molar refractivity (Wildman–Crippen MR) is 79.6 cm³/mol. The van der Waals surface area contributed by atoms with E-state index in [-0.39, 0.29) is 0 Å². The van der Waals surface area contributed by atoms with Crippen LogP contribution in [0.3, 0.4) is 0 Å². The van der Waals surface area contributed by atoms with Crippen LogP contribution < -0.4 is 10.6 Å². The Morgan fingerprint density at radius 2 is 1.95 bits per heavy atom. The van der Waals surface area contributed by atoms with E-state index in [0.717, 1.165) is 49.7 Å². The third-order valence-electron chi connectivity index (χ3n) is 3.07. The number of hydrogen-bond acceptors (Lipinski definition) is 5. The minimum atomic E-state index is 0.586. The monoisotopic (exact) mass is 266 g/mol. The van der Waals surface area contributed by atoms with Crippen LogP contribution in [0.25, 0.3) is 0 Å². The summed E-state index contributed by atoms with van der Waals surface area (Å²) in [5.74, 6) is 2.36. The summed E-state index contributed by atoms with van der Waals surface area (Å²) in [7, 11) is 0. The number of ether oxygens (including phenoxy) is 1. The molecule has 19 heavy (non-hydrogen) atoms. The van der Waals surface area contributed by atoms with E-state index in [4.69, 9.17) is 10.5 Å². The largest absolute Gasteiger partial charge is 0.383 e. The van der Waals surface area contributed by atoms with Gasteiger partial charge in [-0.05, 0) is 27.2 Å². The zero-order chi connectivity index (χ0) is 14.3. The van der Waals surface area contributed by atoms with E-state index >= 15 is 0 Å². The Morgan fingerprint density at radius 3 is 2.53 bits per heavy atom. The molecule has 1 aromatic rings. The third-order valence-corrected chi connectivity index (χ3v) is 3.07. The summed E-state index contributed by atoms with van der Waals surface area (Å²) < 4.78 is 5.42. The molecule has 0 amide bonds. The second kappa shape index (κ2) is 7.94. The van der Waals surface area contributed by atoms with Crippen molar-refractivity contribution in [3.05, 3.63) is 11.4 Å². The fourth-order valence-corrected chi connectivity index (χ4v) is 1.94. The van der Waals surface area contributed by atoms with Gasteiger partial charge in [-0.25, -0.2) is 9.97 Å². The maximum absolute atomic E-state index is 5.99. The summed E-state index contributed by atoms with van der Waals surface area (Å²) in [4.78, 5) is 11.2. The van der Waals surface area contributed by atoms with E-state index in [1.807, 2.05) is 13.8 Å². The van der Waals surface area contributed by atoms with Crippen LogP contribution >= 0.6 is 0 Å². The first-order valence-corrected chi connectivity index (χ1v) is 7.09. The molecule has 0 aliphatic carbocycles. The quantitative estimate of drug-likeness (QED) is 0.731. The van der Waals surface area contributed by atoms with Gasteiger partial charge in [0.2, 0.25) is 0 Å². The molecular weight excluding hydrogens is 240 g/mol. The average molecular weight is 266 g/mol. The van der Waals surface area contributed by atoms with Gasteiger partial charge in [0.15, 0.2) is 0 Å². The van der Waals surface area contributed by atoms with Crippen LogP contribution in [0.15, 0.2) is 0 Å². The summed E-state index contributed by atoms with van der Waals surface area (Å²) >= 11 is 0. The molecule has 0 atom stereocenters. The fourth-order valence-electron chi connectivity index (χ4n) is 1.94. The molecule has 0 unspecified atom stereocenters. The molecule has 0 bridgehead atoms. The van der Waals surface area contributed by atoms with Crippen LogP contribution in [0.1, 0.15) is 38.6 Å². The van der Waals surface area contributed by atoms with E-state index in [2.05, 4.69) is 28.7 Å². The molecule has 0 aliphatic rings. The zero-order valence-electron chi connectivity index (χ0n) is 12.6. The first kappa shape index (κ1) is 15.7. The molecule has 1 rings (SSSR count). The lowest BCUT2D eigenvalue weighted by molar-refractivity contribution is 0.154. The highest BCUT2D eigenvalue weighted by molar-refractivity contribution is 5.56. The average Bonchev–Trinajstić information content (AvgIpc) is 2.40. The Balaban J connectivity index is 2.94. The van der Waals surface area contributed by atoms with Crippen molar-refractivity contribution in [2.45, 2.75) is 40.5 Å². The summed E-state index contributed by atoms with van der Waals surface area (Å²) in [5, 5.41) is 0. The Kier molecular flexibility index (Phi) is 6.56. The molecule has 0 aromatic carbocycles. The lowest BCUT2D eigenvalue weighted by atomic mass is 10.2. The molecule has 5 nitrogen and oxygen atoms in total. The van der Waals surface area contributed by atoms with Gasteiger partial charge in [0, 0.05) is 31.7 Å². The van der Waals surface area contributed by atoms with E-state index in [1.165, 1.54) is 0 Å². The molecule has 108 valence electrons. The highest BCUT2D eigenvalue weighted by Gasteiger charge is 2.14. The van der Waals surface area contributed by atoms with Gasteiger partial charge in [0.25, 0.3) is 0 Å². The Morgan fingerprint density at radius 1 is 1.21 bits per heavy atom. The number of likely N-dealkylation sites (N-methyl/N-ethyl adjacent to an activating group) is 1. The fraction of sp³-hybridized carbons (Fsp3) is 0.714. The number of hydrogen-bond donors (Lipinski definition) is 1. The van der Waals surface area contributed by atoms with Crippen molar-refractivity contribution in [1.82, 2.24) is 9.97 Å². The zero-order valence-corrected chi connectivity index (χ0v) is 12.6. The highest BCUT2D eigenvalue weighted by atomic mass is 16.5. The summed E-state index contributed by atoms with van der Waals surface area (Å²) in [6.45, 7) is 11.4. The van der Waals surface area contributed by atoms with Crippen molar-refractivity contribution in [1.29, 1.82) is 0 Å². The number of aryl methyl sites for hydroxylation is 1. The molecule has 1 heterocycles. The van der Waals surface area contributed by atoms with Crippen LogP contribution in [0.2, 0.25) is 0 Å². The van der Waals surface area contributed by atoms with Gasteiger partial charge < -0.3 is 15.4 Å². The van der Waals surface area contributed by atoms with Crippen molar-refractivity contribution < 1.29 is 4.74 Å². The van der Waals surface area contributed by atoms with Crippen LogP contribution in [0.5, 0.6) is 0 Å². The van der Waals surface area contributed by atoms with Gasteiger partial charge in [-0.3, -0.25) is 0 Å².